The summed E-state index contributed by atoms with van der Waals surface area (Å²) in [7, 11) is 0. The minimum atomic E-state index is -0.185. The molecule has 0 saturated carbocycles. The van der Waals surface area contributed by atoms with Gasteiger partial charge in [-0.3, -0.25) is 0 Å². The summed E-state index contributed by atoms with van der Waals surface area (Å²) in [4.78, 5) is 0. The Kier molecular flexibility index (Phi) is 11.6. The number of rotatable bonds is 6. The smallest absolute Gasteiger partial charge is 0.0515 e. The van der Waals surface area contributed by atoms with Crippen molar-refractivity contribution in [2.45, 2.75) is 45.6 Å². The maximum Gasteiger partial charge on any atom is 0.0515 e. The van der Waals surface area contributed by atoms with Crippen LogP contribution in [0.15, 0.2) is 42.5 Å². The van der Waals surface area contributed by atoms with Gasteiger partial charge in [-0.25, -0.2) is 0 Å². The molecule has 2 nitrogen and oxygen atoms in total. The fourth-order valence-corrected chi connectivity index (χ4v) is 1.40. The molecule has 0 aliphatic carbocycles. The van der Waals surface area contributed by atoms with Crippen LogP contribution in [0, 0.1) is 0 Å². The highest BCUT2D eigenvalue weighted by Crippen LogP contribution is 2.03. The van der Waals surface area contributed by atoms with Gasteiger partial charge in [-0.2, -0.15) is 0 Å². The second-order valence-electron chi connectivity index (χ2n) is 4.31. The summed E-state index contributed by atoms with van der Waals surface area (Å²) in [5.74, 6) is 0. The number of hydrogen-bond acceptors (Lipinski definition) is 2. The van der Waals surface area contributed by atoms with Crippen LogP contribution in [0.25, 0.3) is 0 Å². The Hall–Kier alpha value is -1.12. The summed E-state index contributed by atoms with van der Waals surface area (Å²) >= 11 is 0. The Morgan fingerprint density at radius 1 is 1.22 bits per heavy atom. The lowest BCUT2D eigenvalue weighted by Crippen LogP contribution is -2.00. The second kappa shape index (κ2) is 12.3. The normalized spacial score (nSPS) is 12.0. The predicted molar refractivity (Wildman–Crippen MR) is 77.6 cm³/mol. The Labute approximate surface area is 111 Å². The minimum Gasteiger partial charge on any atom is -0.396 e. The average Bonchev–Trinajstić information content (AvgIpc) is 2.39. The topological polar surface area (TPSA) is 40.5 Å². The molecule has 1 unspecified atom stereocenters. The second-order valence-corrected chi connectivity index (χ2v) is 4.31. The first-order valence-electron chi connectivity index (χ1n) is 6.64. The predicted octanol–water partition coefficient (Wildman–Crippen LogP) is 3.34. The first kappa shape index (κ1) is 16.9. The van der Waals surface area contributed by atoms with E-state index in [4.69, 9.17) is 10.2 Å². The molecule has 0 amide bonds. The van der Waals surface area contributed by atoms with Gasteiger partial charge in [-0.1, -0.05) is 42.5 Å². The van der Waals surface area contributed by atoms with Crippen LogP contribution >= 0.6 is 0 Å². The van der Waals surface area contributed by atoms with E-state index in [1.807, 2.05) is 38.1 Å². The van der Waals surface area contributed by atoms with Crippen molar-refractivity contribution in [3.63, 3.8) is 0 Å². The quantitative estimate of drug-likeness (QED) is 0.600. The van der Waals surface area contributed by atoms with Crippen LogP contribution < -0.4 is 0 Å². The molecule has 1 atom stereocenters. The van der Waals surface area contributed by atoms with Crippen LogP contribution in [0.3, 0.4) is 0 Å². The highest BCUT2D eigenvalue weighted by molar-refractivity contribution is 5.14. The number of aliphatic hydroxyl groups excluding tert-OH is 2. The zero-order chi connectivity index (χ0) is 13.6. The van der Waals surface area contributed by atoms with E-state index >= 15 is 0 Å². The van der Waals surface area contributed by atoms with Gasteiger partial charge in [0.1, 0.15) is 0 Å². The zero-order valence-corrected chi connectivity index (χ0v) is 11.5. The molecule has 1 aromatic carbocycles. The molecule has 0 fully saturated rings. The lowest BCUT2D eigenvalue weighted by atomic mass is 10.1. The van der Waals surface area contributed by atoms with Gasteiger partial charge in [0.2, 0.25) is 0 Å². The Bertz CT molecular complexity index is 291. The molecule has 1 rings (SSSR count). The van der Waals surface area contributed by atoms with Crippen molar-refractivity contribution in [1.29, 1.82) is 0 Å². The summed E-state index contributed by atoms with van der Waals surface area (Å²) in [6.07, 6.45) is 7.58. The molecule has 0 aliphatic heterocycles. The van der Waals surface area contributed by atoms with Gasteiger partial charge in [-0.05, 0) is 45.1 Å². The SMILES string of the molecule is C/C=C/CCCO.CC(O)CCc1ccccc1. The third-order valence-corrected chi connectivity index (χ3v) is 2.46. The highest BCUT2D eigenvalue weighted by Gasteiger charge is 1.95. The van der Waals surface area contributed by atoms with Gasteiger partial charge in [0.25, 0.3) is 0 Å². The number of hydrogen-bond donors (Lipinski definition) is 2. The largest absolute Gasteiger partial charge is 0.396 e. The Morgan fingerprint density at radius 2 is 1.89 bits per heavy atom. The fraction of sp³-hybridized carbons (Fsp3) is 0.500. The summed E-state index contributed by atoms with van der Waals surface area (Å²) in [5, 5.41) is 17.3. The minimum absolute atomic E-state index is 0.185. The average molecular weight is 250 g/mol. The lowest BCUT2D eigenvalue weighted by molar-refractivity contribution is 0.185. The summed E-state index contributed by atoms with van der Waals surface area (Å²) in [6, 6.07) is 10.2. The van der Waals surface area contributed by atoms with E-state index < -0.39 is 0 Å². The third-order valence-electron chi connectivity index (χ3n) is 2.46. The molecular formula is C16H26O2. The van der Waals surface area contributed by atoms with Crippen LogP contribution in [0.1, 0.15) is 38.7 Å². The first-order valence-corrected chi connectivity index (χ1v) is 6.64. The van der Waals surface area contributed by atoms with Crippen molar-refractivity contribution in [3.05, 3.63) is 48.0 Å². The van der Waals surface area contributed by atoms with Crippen molar-refractivity contribution < 1.29 is 10.2 Å². The monoisotopic (exact) mass is 250 g/mol. The van der Waals surface area contributed by atoms with E-state index in [-0.39, 0.29) is 6.10 Å². The van der Waals surface area contributed by atoms with E-state index in [1.165, 1.54) is 5.56 Å². The molecule has 0 aliphatic rings. The molecule has 0 radical (unpaired) electrons. The van der Waals surface area contributed by atoms with Gasteiger partial charge in [0.05, 0.1) is 6.10 Å². The van der Waals surface area contributed by atoms with E-state index in [0.717, 1.165) is 25.7 Å². The first-order chi connectivity index (χ1) is 8.70. The number of aliphatic hydroxyl groups is 2. The van der Waals surface area contributed by atoms with Crippen LogP contribution in [-0.2, 0) is 6.42 Å². The number of allylic oxidation sites excluding steroid dienone is 2. The number of aryl methyl sites for hydroxylation is 1. The van der Waals surface area contributed by atoms with Crippen LogP contribution in [0.2, 0.25) is 0 Å². The zero-order valence-electron chi connectivity index (χ0n) is 11.5. The molecule has 2 N–H and O–H groups in total. The van der Waals surface area contributed by atoms with Gasteiger partial charge in [-0.15, -0.1) is 0 Å². The van der Waals surface area contributed by atoms with Gasteiger partial charge in [0, 0.05) is 6.61 Å². The molecule has 0 spiro atoms. The summed E-state index contributed by atoms with van der Waals surface area (Å²) < 4.78 is 0. The molecule has 18 heavy (non-hydrogen) atoms. The molecule has 0 heterocycles. The van der Waals surface area contributed by atoms with Crippen molar-refractivity contribution >= 4 is 0 Å². The summed E-state index contributed by atoms with van der Waals surface area (Å²) in [6.45, 7) is 4.12. The molecule has 0 bridgehead atoms. The molecular weight excluding hydrogens is 224 g/mol. The molecule has 102 valence electrons. The number of unbranched alkanes of at least 4 members (excludes halogenated alkanes) is 1. The Balaban J connectivity index is 0.000000360. The van der Waals surface area contributed by atoms with Crippen LogP contribution in [-0.4, -0.2) is 22.9 Å². The lowest BCUT2D eigenvalue weighted by Gasteiger charge is -2.02. The van der Waals surface area contributed by atoms with E-state index in [1.54, 1.807) is 0 Å². The highest BCUT2D eigenvalue weighted by atomic mass is 16.3. The van der Waals surface area contributed by atoms with Crippen molar-refractivity contribution in [1.82, 2.24) is 0 Å². The van der Waals surface area contributed by atoms with Gasteiger partial charge >= 0.3 is 0 Å². The molecule has 1 aromatic rings. The van der Waals surface area contributed by atoms with Crippen molar-refractivity contribution in [2.75, 3.05) is 6.61 Å². The van der Waals surface area contributed by atoms with E-state index in [0.29, 0.717) is 6.61 Å². The summed E-state index contributed by atoms with van der Waals surface area (Å²) in [5.41, 5.74) is 1.30. The van der Waals surface area contributed by atoms with Gasteiger partial charge in [0.15, 0.2) is 0 Å². The molecule has 0 aromatic heterocycles. The third kappa shape index (κ3) is 11.4. The molecule has 0 saturated heterocycles. The van der Waals surface area contributed by atoms with E-state index in [9.17, 15) is 0 Å². The van der Waals surface area contributed by atoms with Crippen LogP contribution in [0.5, 0.6) is 0 Å². The number of benzene rings is 1. The van der Waals surface area contributed by atoms with E-state index in [2.05, 4.69) is 18.2 Å². The Morgan fingerprint density at radius 3 is 2.39 bits per heavy atom. The standard InChI is InChI=1S/C10H14O.C6H12O/c1-9(11)7-8-10-5-3-2-4-6-10;1-2-3-4-5-6-7/h2-6,9,11H,7-8H2,1H3;2-3,7H,4-6H2,1H3/b;3-2+. The fourth-order valence-electron chi connectivity index (χ4n) is 1.40. The maximum atomic E-state index is 9.01. The van der Waals surface area contributed by atoms with Crippen LogP contribution in [0.4, 0.5) is 0 Å². The maximum absolute atomic E-state index is 9.01. The van der Waals surface area contributed by atoms with Crippen molar-refractivity contribution in [3.8, 4) is 0 Å². The molecule has 2 heteroatoms. The van der Waals surface area contributed by atoms with Crippen molar-refractivity contribution in [2.24, 2.45) is 0 Å². The van der Waals surface area contributed by atoms with Gasteiger partial charge < -0.3 is 10.2 Å².